The van der Waals surface area contributed by atoms with Crippen molar-refractivity contribution in [2.45, 2.75) is 26.2 Å². The van der Waals surface area contributed by atoms with Crippen LogP contribution in [0.3, 0.4) is 0 Å². The van der Waals surface area contributed by atoms with Gasteiger partial charge >= 0.3 is 0 Å². The smallest absolute Gasteiger partial charge is 0.188 e. The molecule has 0 amide bonds. The summed E-state index contributed by atoms with van der Waals surface area (Å²) in [5.41, 5.74) is 9.53. The fraction of sp³-hybridized carbons (Fsp3) is 0.375. The van der Waals surface area contributed by atoms with E-state index in [1.807, 2.05) is 31.3 Å². The lowest BCUT2D eigenvalue weighted by Gasteiger charge is -2.05. The van der Waals surface area contributed by atoms with E-state index >= 15 is 0 Å². The minimum Gasteiger partial charge on any atom is -0.370 e. The second-order valence-corrected chi connectivity index (χ2v) is 5.05. The van der Waals surface area contributed by atoms with Gasteiger partial charge < -0.3 is 11.1 Å². The lowest BCUT2D eigenvalue weighted by molar-refractivity contribution is 0.805. The van der Waals surface area contributed by atoms with Crippen LogP contribution in [-0.4, -0.2) is 29.2 Å². The molecule has 0 aliphatic rings. The zero-order valence-corrected chi connectivity index (χ0v) is 15.2. The molecule has 0 saturated heterocycles. The predicted octanol–water partition coefficient (Wildman–Crippen LogP) is 2.42. The van der Waals surface area contributed by atoms with E-state index < -0.39 is 0 Å². The number of rotatable bonds is 7. The Hall–Kier alpha value is -1.57. The van der Waals surface area contributed by atoms with Crippen molar-refractivity contribution in [2.75, 3.05) is 13.1 Å². The van der Waals surface area contributed by atoms with Gasteiger partial charge in [-0.2, -0.15) is 5.10 Å². The second kappa shape index (κ2) is 10.2. The number of aromatic nitrogens is 2. The average molecular weight is 413 g/mol. The van der Waals surface area contributed by atoms with Crippen molar-refractivity contribution in [3.63, 3.8) is 0 Å². The number of hydrogen-bond donors (Lipinski definition) is 3. The number of nitrogens with two attached hydrogens (primary N) is 1. The topological polar surface area (TPSA) is 79.1 Å². The standard InChI is InChI=1S/C16H23N5.HI/c1-13-15(12-20-21-13)8-5-10-18-16(17)19-11-9-14-6-3-2-4-7-14;/h2-4,6-7,12H,5,8-11H2,1H3,(H,20,21)(H3,17,18,19);1H. The molecule has 6 heteroatoms. The minimum absolute atomic E-state index is 0. The summed E-state index contributed by atoms with van der Waals surface area (Å²) in [7, 11) is 0. The van der Waals surface area contributed by atoms with Gasteiger partial charge in [0.15, 0.2) is 5.96 Å². The number of H-pyrrole nitrogens is 1. The molecule has 0 radical (unpaired) electrons. The highest BCUT2D eigenvalue weighted by atomic mass is 127. The first-order chi connectivity index (χ1) is 10.3. The Morgan fingerprint density at radius 1 is 1.27 bits per heavy atom. The van der Waals surface area contributed by atoms with Crippen molar-refractivity contribution < 1.29 is 0 Å². The monoisotopic (exact) mass is 413 g/mol. The molecule has 120 valence electrons. The molecule has 0 fully saturated rings. The average Bonchev–Trinajstić information content (AvgIpc) is 2.90. The van der Waals surface area contributed by atoms with E-state index in [0.717, 1.165) is 38.0 Å². The lowest BCUT2D eigenvalue weighted by Crippen LogP contribution is -2.33. The Morgan fingerprint density at radius 3 is 2.73 bits per heavy atom. The van der Waals surface area contributed by atoms with Crippen LogP contribution in [0.4, 0.5) is 0 Å². The highest BCUT2D eigenvalue weighted by Gasteiger charge is 1.99. The van der Waals surface area contributed by atoms with E-state index in [-0.39, 0.29) is 24.0 Å². The van der Waals surface area contributed by atoms with Gasteiger partial charge in [0.2, 0.25) is 0 Å². The molecule has 1 aromatic carbocycles. The molecule has 0 spiro atoms. The number of hydrogen-bond acceptors (Lipinski definition) is 2. The molecular weight excluding hydrogens is 389 g/mol. The van der Waals surface area contributed by atoms with Crippen LogP contribution in [0.15, 0.2) is 41.5 Å². The van der Waals surface area contributed by atoms with Gasteiger partial charge in [-0.1, -0.05) is 30.3 Å². The maximum atomic E-state index is 5.85. The number of aryl methyl sites for hydroxylation is 2. The first-order valence-electron chi connectivity index (χ1n) is 7.32. The minimum atomic E-state index is 0. The van der Waals surface area contributed by atoms with Crippen LogP contribution in [0.5, 0.6) is 0 Å². The van der Waals surface area contributed by atoms with Crippen molar-refractivity contribution in [1.82, 2.24) is 15.5 Å². The molecule has 0 unspecified atom stereocenters. The largest absolute Gasteiger partial charge is 0.370 e. The number of aromatic amines is 1. The van der Waals surface area contributed by atoms with Crippen LogP contribution in [-0.2, 0) is 12.8 Å². The summed E-state index contributed by atoms with van der Waals surface area (Å²) in [6.45, 7) is 3.57. The van der Waals surface area contributed by atoms with Crippen molar-refractivity contribution in [3.05, 3.63) is 53.3 Å². The number of nitrogens with zero attached hydrogens (tertiary/aromatic N) is 2. The van der Waals surface area contributed by atoms with Gasteiger partial charge in [0, 0.05) is 18.8 Å². The van der Waals surface area contributed by atoms with Gasteiger partial charge in [0.25, 0.3) is 0 Å². The van der Waals surface area contributed by atoms with Crippen LogP contribution >= 0.6 is 24.0 Å². The van der Waals surface area contributed by atoms with Crippen LogP contribution in [0.1, 0.15) is 23.2 Å². The number of halogens is 1. The molecule has 1 heterocycles. The van der Waals surface area contributed by atoms with E-state index in [1.165, 1.54) is 11.1 Å². The fourth-order valence-electron chi connectivity index (χ4n) is 2.13. The maximum Gasteiger partial charge on any atom is 0.188 e. The summed E-state index contributed by atoms with van der Waals surface area (Å²) in [5, 5.41) is 10.1. The summed E-state index contributed by atoms with van der Waals surface area (Å²) >= 11 is 0. The summed E-state index contributed by atoms with van der Waals surface area (Å²) in [5.74, 6) is 0.523. The third-order valence-electron chi connectivity index (χ3n) is 3.38. The number of aliphatic imine (C=N–C) groups is 1. The van der Waals surface area contributed by atoms with Crippen molar-refractivity contribution >= 4 is 29.9 Å². The van der Waals surface area contributed by atoms with Crippen molar-refractivity contribution in [1.29, 1.82) is 0 Å². The molecule has 0 saturated carbocycles. The SMILES string of the molecule is Cc1[nH]ncc1CCCN=C(N)NCCc1ccccc1.I. The number of benzene rings is 1. The molecule has 0 atom stereocenters. The molecule has 0 aliphatic carbocycles. The molecule has 0 bridgehead atoms. The second-order valence-electron chi connectivity index (χ2n) is 5.05. The van der Waals surface area contributed by atoms with E-state index in [4.69, 9.17) is 5.73 Å². The summed E-state index contributed by atoms with van der Waals surface area (Å²) in [6.07, 6.45) is 4.77. The highest BCUT2D eigenvalue weighted by Crippen LogP contribution is 2.05. The Labute approximate surface area is 148 Å². The summed E-state index contributed by atoms with van der Waals surface area (Å²) in [6, 6.07) is 10.3. The van der Waals surface area contributed by atoms with E-state index in [0.29, 0.717) is 5.96 Å². The van der Waals surface area contributed by atoms with E-state index in [9.17, 15) is 0 Å². The maximum absolute atomic E-state index is 5.85. The molecule has 4 N–H and O–H groups in total. The molecule has 2 rings (SSSR count). The molecule has 1 aromatic heterocycles. The van der Waals surface area contributed by atoms with Gasteiger partial charge in [-0.05, 0) is 37.3 Å². The van der Waals surface area contributed by atoms with Gasteiger partial charge in [-0.3, -0.25) is 10.1 Å². The van der Waals surface area contributed by atoms with Crippen LogP contribution in [0, 0.1) is 6.92 Å². The summed E-state index contributed by atoms with van der Waals surface area (Å²) < 4.78 is 0. The van der Waals surface area contributed by atoms with Crippen LogP contribution in [0.25, 0.3) is 0 Å². The van der Waals surface area contributed by atoms with Crippen LogP contribution < -0.4 is 11.1 Å². The van der Waals surface area contributed by atoms with Crippen molar-refractivity contribution in [3.8, 4) is 0 Å². The van der Waals surface area contributed by atoms with E-state index in [2.05, 4.69) is 32.6 Å². The Morgan fingerprint density at radius 2 is 2.05 bits per heavy atom. The first kappa shape index (κ1) is 18.5. The fourth-order valence-corrected chi connectivity index (χ4v) is 2.13. The zero-order valence-electron chi connectivity index (χ0n) is 12.9. The van der Waals surface area contributed by atoms with Gasteiger partial charge in [0.1, 0.15) is 0 Å². The highest BCUT2D eigenvalue weighted by molar-refractivity contribution is 14.0. The van der Waals surface area contributed by atoms with Crippen molar-refractivity contribution in [2.24, 2.45) is 10.7 Å². The molecule has 0 aliphatic heterocycles. The third-order valence-corrected chi connectivity index (χ3v) is 3.38. The predicted molar refractivity (Wildman–Crippen MR) is 102 cm³/mol. The quantitative estimate of drug-likeness (QED) is 0.282. The van der Waals surface area contributed by atoms with Gasteiger partial charge in [-0.25, -0.2) is 0 Å². The number of nitrogens with one attached hydrogen (secondary N) is 2. The van der Waals surface area contributed by atoms with Gasteiger partial charge in [-0.15, -0.1) is 24.0 Å². The Kier molecular flexibility index (Phi) is 8.57. The normalized spacial score (nSPS) is 11.0. The molecule has 5 nitrogen and oxygen atoms in total. The van der Waals surface area contributed by atoms with Crippen LogP contribution in [0.2, 0.25) is 0 Å². The Bertz CT molecular complexity index is 565. The van der Waals surface area contributed by atoms with E-state index in [1.54, 1.807) is 0 Å². The molecule has 22 heavy (non-hydrogen) atoms. The third kappa shape index (κ3) is 6.46. The Balaban J connectivity index is 0.00000242. The first-order valence-corrected chi connectivity index (χ1v) is 7.32. The number of guanidine groups is 1. The molecule has 2 aromatic rings. The summed E-state index contributed by atoms with van der Waals surface area (Å²) in [4.78, 5) is 4.34. The molecular formula is C16H24IN5. The zero-order chi connectivity index (χ0) is 14.9. The van der Waals surface area contributed by atoms with Gasteiger partial charge in [0.05, 0.1) is 6.20 Å². The lowest BCUT2D eigenvalue weighted by atomic mass is 10.1.